The fourth-order valence-corrected chi connectivity index (χ4v) is 3.29. The molecule has 5 heteroatoms. The second-order valence-corrected chi connectivity index (χ2v) is 6.65. The Morgan fingerprint density at radius 2 is 1.96 bits per heavy atom. The quantitative estimate of drug-likeness (QED) is 0.708. The van der Waals surface area contributed by atoms with Crippen LogP contribution in [0.3, 0.4) is 0 Å². The fourth-order valence-electron chi connectivity index (χ4n) is 2.49. The molecule has 25 heavy (non-hydrogen) atoms. The summed E-state index contributed by atoms with van der Waals surface area (Å²) in [6.07, 6.45) is 0. The van der Waals surface area contributed by atoms with Crippen LogP contribution in [0, 0.1) is 12.7 Å². The molecule has 1 atom stereocenters. The van der Waals surface area contributed by atoms with Gasteiger partial charge >= 0.3 is 0 Å². The van der Waals surface area contributed by atoms with Gasteiger partial charge in [0.25, 0.3) is 5.91 Å². The highest BCUT2D eigenvalue weighted by atomic mass is 32.1. The molecule has 0 aliphatic heterocycles. The molecule has 0 aliphatic carbocycles. The zero-order valence-electron chi connectivity index (χ0n) is 13.7. The van der Waals surface area contributed by atoms with Crippen molar-refractivity contribution in [1.82, 2.24) is 5.32 Å². The van der Waals surface area contributed by atoms with E-state index in [0.29, 0.717) is 5.75 Å². The van der Waals surface area contributed by atoms with E-state index in [0.717, 1.165) is 16.0 Å². The maximum absolute atomic E-state index is 13.2. The van der Waals surface area contributed by atoms with Crippen LogP contribution >= 0.6 is 11.3 Å². The summed E-state index contributed by atoms with van der Waals surface area (Å²) >= 11 is 1.54. The number of nitrogens with one attached hydrogen (secondary N) is 1. The number of aryl methyl sites for hydroxylation is 1. The number of amides is 1. The van der Waals surface area contributed by atoms with Gasteiger partial charge in [-0.05, 0) is 53.8 Å². The topological polar surface area (TPSA) is 38.3 Å². The van der Waals surface area contributed by atoms with Crippen LogP contribution in [0.4, 0.5) is 4.39 Å². The molecule has 1 aromatic heterocycles. The Kier molecular flexibility index (Phi) is 5.46. The summed E-state index contributed by atoms with van der Waals surface area (Å²) in [7, 11) is 0. The van der Waals surface area contributed by atoms with E-state index in [1.165, 1.54) is 23.5 Å². The number of hydrogen-bond acceptors (Lipinski definition) is 3. The van der Waals surface area contributed by atoms with Crippen molar-refractivity contribution < 1.29 is 13.9 Å². The molecule has 1 unspecified atom stereocenters. The molecule has 0 radical (unpaired) electrons. The maximum Gasteiger partial charge on any atom is 0.258 e. The lowest BCUT2D eigenvalue weighted by Crippen LogP contribution is -2.32. The van der Waals surface area contributed by atoms with Gasteiger partial charge in [-0.2, -0.15) is 0 Å². The van der Waals surface area contributed by atoms with E-state index >= 15 is 0 Å². The Labute approximate surface area is 150 Å². The molecule has 3 aromatic rings. The molecule has 3 nitrogen and oxygen atoms in total. The molecule has 1 N–H and O–H groups in total. The van der Waals surface area contributed by atoms with Crippen molar-refractivity contribution >= 4 is 17.2 Å². The van der Waals surface area contributed by atoms with Crippen molar-refractivity contribution in [2.75, 3.05) is 6.61 Å². The van der Waals surface area contributed by atoms with Gasteiger partial charge in [0.2, 0.25) is 0 Å². The highest BCUT2D eigenvalue weighted by molar-refractivity contribution is 7.10. The van der Waals surface area contributed by atoms with E-state index < -0.39 is 0 Å². The van der Waals surface area contributed by atoms with Crippen molar-refractivity contribution in [1.29, 1.82) is 0 Å². The molecule has 1 heterocycles. The maximum atomic E-state index is 13.2. The average molecular weight is 355 g/mol. The Hall–Kier alpha value is -2.66. The summed E-state index contributed by atoms with van der Waals surface area (Å²) < 4.78 is 18.7. The lowest BCUT2D eigenvalue weighted by Gasteiger charge is -2.18. The molecule has 0 saturated carbocycles. The predicted molar refractivity (Wildman–Crippen MR) is 97.4 cm³/mol. The first-order valence-electron chi connectivity index (χ1n) is 7.89. The monoisotopic (exact) mass is 355 g/mol. The Bertz CT molecular complexity index is 831. The largest absolute Gasteiger partial charge is 0.484 e. The van der Waals surface area contributed by atoms with Crippen LogP contribution in [0.5, 0.6) is 5.75 Å². The summed E-state index contributed by atoms with van der Waals surface area (Å²) in [5, 5.41) is 4.91. The van der Waals surface area contributed by atoms with E-state index in [2.05, 4.69) is 5.32 Å². The van der Waals surface area contributed by atoms with Gasteiger partial charge in [0.05, 0.1) is 6.04 Å². The first-order chi connectivity index (χ1) is 12.1. The van der Waals surface area contributed by atoms with Gasteiger partial charge in [0, 0.05) is 4.88 Å². The molecular weight excluding hydrogens is 337 g/mol. The minimum atomic E-state index is -0.325. The molecule has 1 amide bonds. The van der Waals surface area contributed by atoms with Crippen LogP contribution in [0.25, 0.3) is 0 Å². The first kappa shape index (κ1) is 17.2. The SMILES string of the molecule is Cc1cccc(OCC(=O)NC(c2ccc(F)cc2)c2cccs2)c1. The smallest absolute Gasteiger partial charge is 0.258 e. The third kappa shape index (κ3) is 4.67. The highest BCUT2D eigenvalue weighted by Crippen LogP contribution is 2.26. The second-order valence-electron chi connectivity index (χ2n) is 5.67. The number of carbonyl (C=O) groups excluding carboxylic acids is 1. The molecule has 3 rings (SSSR count). The van der Waals surface area contributed by atoms with Gasteiger partial charge in [0.1, 0.15) is 11.6 Å². The summed E-state index contributed by atoms with van der Waals surface area (Å²) in [5.74, 6) is 0.122. The van der Waals surface area contributed by atoms with Crippen LogP contribution in [-0.2, 0) is 4.79 Å². The summed E-state index contributed by atoms with van der Waals surface area (Å²) in [6, 6.07) is 17.2. The van der Waals surface area contributed by atoms with E-state index in [-0.39, 0.29) is 24.4 Å². The zero-order chi connectivity index (χ0) is 17.6. The van der Waals surface area contributed by atoms with E-state index in [1.54, 1.807) is 12.1 Å². The van der Waals surface area contributed by atoms with Gasteiger partial charge in [-0.15, -0.1) is 11.3 Å². The van der Waals surface area contributed by atoms with Crippen LogP contribution in [0.2, 0.25) is 0 Å². The molecule has 0 aliphatic rings. The van der Waals surface area contributed by atoms with Gasteiger partial charge < -0.3 is 10.1 Å². The van der Waals surface area contributed by atoms with Gasteiger partial charge in [-0.1, -0.05) is 30.3 Å². The summed E-state index contributed by atoms with van der Waals surface area (Å²) in [5.41, 5.74) is 1.90. The third-order valence-corrected chi connectivity index (χ3v) is 4.63. The number of rotatable bonds is 6. The van der Waals surface area contributed by atoms with E-state index in [4.69, 9.17) is 4.74 Å². The number of benzene rings is 2. The van der Waals surface area contributed by atoms with Gasteiger partial charge in [-0.25, -0.2) is 4.39 Å². The molecule has 0 saturated heterocycles. The molecule has 2 aromatic carbocycles. The predicted octanol–water partition coefficient (Wildman–Crippen LogP) is 4.48. The molecule has 128 valence electrons. The standard InChI is InChI=1S/C20H18FNO2S/c1-14-4-2-5-17(12-14)24-13-19(23)22-20(18-6-3-11-25-18)15-7-9-16(21)10-8-15/h2-12,20H,13H2,1H3,(H,22,23). The minimum absolute atomic E-state index is 0.0769. The lowest BCUT2D eigenvalue weighted by atomic mass is 10.1. The second kappa shape index (κ2) is 7.94. The number of carbonyl (C=O) groups is 1. The molecule has 0 bridgehead atoms. The molecule has 0 fully saturated rings. The molecule has 0 spiro atoms. The van der Waals surface area contributed by atoms with Crippen molar-refractivity contribution in [2.24, 2.45) is 0 Å². The van der Waals surface area contributed by atoms with Crippen LogP contribution < -0.4 is 10.1 Å². The average Bonchev–Trinajstić information content (AvgIpc) is 3.13. The van der Waals surface area contributed by atoms with Gasteiger partial charge in [-0.3, -0.25) is 4.79 Å². The van der Waals surface area contributed by atoms with Gasteiger partial charge in [0.15, 0.2) is 6.61 Å². The summed E-state index contributed by atoms with van der Waals surface area (Å²) in [6.45, 7) is 1.89. The Morgan fingerprint density at radius 3 is 2.64 bits per heavy atom. The zero-order valence-corrected chi connectivity index (χ0v) is 14.6. The van der Waals surface area contributed by atoms with Crippen molar-refractivity contribution in [3.8, 4) is 5.75 Å². The van der Waals surface area contributed by atoms with E-state index in [9.17, 15) is 9.18 Å². The molecular formula is C20H18FNO2S. The lowest BCUT2D eigenvalue weighted by molar-refractivity contribution is -0.123. The first-order valence-corrected chi connectivity index (χ1v) is 8.77. The minimum Gasteiger partial charge on any atom is -0.484 e. The fraction of sp³-hybridized carbons (Fsp3) is 0.150. The van der Waals surface area contributed by atoms with E-state index in [1.807, 2.05) is 48.7 Å². The van der Waals surface area contributed by atoms with Crippen molar-refractivity contribution in [3.63, 3.8) is 0 Å². The number of hydrogen-bond donors (Lipinski definition) is 1. The number of halogens is 1. The number of thiophene rings is 1. The van der Waals surface area contributed by atoms with Crippen LogP contribution in [0.1, 0.15) is 22.0 Å². The van der Waals surface area contributed by atoms with Crippen molar-refractivity contribution in [3.05, 3.63) is 87.9 Å². The van der Waals surface area contributed by atoms with Crippen molar-refractivity contribution in [2.45, 2.75) is 13.0 Å². The number of ether oxygens (including phenoxy) is 1. The highest BCUT2D eigenvalue weighted by Gasteiger charge is 2.18. The van der Waals surface area contributed by atoms with Crippen LogP contribution in [0.15, 0.2) is 66.0 Å². The van der Waals surface area contributed by atoms with Crippen LogP contribution in [-0.4, -0.2) is 12.5 Å². The summed E-state index contributed by atoms with van der Waals surface area (Å²) in [4.78, 5) is 13.3. The Balaban J connectivity index is 1.69. The normalized spacial score (nSPS) is 11.8. The Morgan fingerprint density at radius 1 is 1.16 bits per heavy atom. The third-order valence-electron chi connectivity index (χ3n) is 3.70.